The Morgan fingerprint density at radius 1 is 1.10 bits per heavy atom. The number of nitrogens with zero attached hydrogens (tertiary/aromatic N) is 1. The molecule has 0 unspecified atom stereocenters. The van der Waals surface area contributed by atoms with Crippen LogP contribution in [0.4, 0.5) is 5.69 Å². The molecule has 3 aromatic rings. The Balaban J connectivity index is 1.33. The number of anilines is 1. The number of nitrogens with one attached hydrogen (secondary N) is 2. The van der Waals surface area contributed by atoms with Gasteiger partial charge in [0.25, 0.3) is 5.91 Å². The lowest BCUT2D eigenvalue weighted by Gasteiger charge is -2.08. The molecule has 0 saturated carbocycles. The molecule has 0 fully saturated rings. The van der Waals surface area contributed by atoms with Crippen LogP contribution in [0.2, 0.25) is 0 Å². The highest BCUT2D eigenvalue weighted by Gasteiger charge is 2.16. The fraction of sp³-hybridized carbons (Fsp3) is 0.238. The Hall–Kier alpha value is -3.68. The number of amides is 2. The van der Waals surface area contributed by atoms with Gasteiger partial charge in [0.1, 0.15) is 11.4 Å². The van der Waals surface area contributed by atoms with Gasteiger partial charge in [0.2, 0.25) is 12.7 Å². The zero-order valence-electron chi connectivity index (χ0n) is 16.2. The van der Waals surface area contributed by atoms with Gasteiger partial charge in [-0.15, -0.1) is 0 Å². The number of rotatable bonds is 6. The highest BCUT2D eigenvalue weighted by molar-refractivity contribution is 5.99. The number of fused-ring (bicyclic) bond motifs is 2. The zero-order valence-corrected chi connectivity index (χ0v) is 16.2. The Bertz CT molecular complexity index is 1090. The van der Waals surface area contributed by atoms with Crippen molar-refractivity contribution in [3.63, 3.8) is 0 Å². The number of aryl methyl sites for hydroxylation is 1. The van der Waals surface area contributed by atoms with E-state index >= 15 is 0 Å². The van der Waals surface area contributed by atoms with E-state index < -0.39 is 0 Å². The van der Waals surface area contributed by atoms with Crippen molar-refractivity contribution in [2.24, 2.45) is 7.05 Å². The van der Waals surface area contributed by atoms with Crippen LogP contribution < -0.4 is 24.8 Å². The first-order valence-corrected chi connectivity index (χ1v) is 9.16. The van der Waals surface area contributed by atoms with Gasteiger partial charge in [-0.25, -0.2) is 0 Å². The number of ether oxygens (including phenoxy) is 3. The average molecular weight is 395 g/mol. The summed E-state index contributed by atoms with van der Waals surface area (Å²) in [5, 5.41) is 6.49. The van der Waals surface area contributed by atoms with Crippen molar-refractivity contribution >= 4 is 28.4 Å². The molecule has 0 spiro atoms. The number of methoxy groups -OCH3 is 1. The molecule has 150 valence electrons. The SMILES string of the molecule is COc1ccc2c(c1)cc(C(=O)NCCC(=O)Nc1ccc3c(c1)OCO3)n2C. The van der Waals surface area contributed by atoms with E-state index in [2.05, 4.69) is 10.6 Å². The smallest absolute Gasteiger partial charge is 0.267 e. The second-order valence-corrected chi connectivity index (χ2v) is 6.64. The lowest BCUT2D eigenvalue weighted by atomic mass is 10.2. The Morgan fingerprint density at radius 2 is 1.93 bits per heavy atom. The van der Waals surface area contributed by atoms with Crippen LogP contribution in [-0.2, 0) is 11.8 Å². The van der Waals surface area contributed by atoms with E-state index in [1.54, 1.807) is 31.4 Å². The fourth-order valence-electron chi connectivity index (χ4n) is 3.25. The average Bonchev–Trinajstić information content (AvgIpc) is 3.31. The fourth-order valence-corrected chi connectivity index (χ4v) is 3.25. The first kappa shape index (κ1) is 18.7. The van der Waals surface area contributed by atoms with Gasteiger partial charge in [-0.1, -0.05) is 0 Å². The summed E-state index contributed by atoms with van der Waals surface area (Å²) in [5.74, 6) is 1.55. The molecular weight excluding hydrogens is 374 g/mol. The molecule has 1 aromatic heterocycles. The molecule has 1 aliphatic heterocycles. The van der Waals surface area contributed by atoms with E-state index in [4.69, 9.17) is 14.2 Å². The van der Waals surface area contributed by atoms with E-state index in [1.165, 1.54) is 0 Å². The van der Waals surface area contributed by atoms with Crippen LogP contribution in [0.5, 0.6) is 17.2 Å². The minimum absolute atomic E-state index is 0.151. The number of carbonyl (C=O) groups is 2. The first-order chi connectivity index (χ1) is 14.0. The first-order valence-electron chi connectivity index (χ1n) is 9.16. The summed E-state index contributed by atoms with van der Waals surface area (Å²) in [7, 11) is 3.43. The second-order valence-electron chi connectivity index (χ2n) is 6.64. The molecule has 2 N–H and O–H groups in total. The number of aromatic nitrogens is 1. The number of hydrogen-bond acceptors (Lipinski definition) is 5. The number of benzene rings is 2. The van der Waals surface area contributed by atoms with Gasteiger partial charge in [0.15, 0.2) is 11.5 Å². The Labute approximate surface area is 167 Å². The van der Waals surface area contributed by atoms with Crippen LogP contribution in [0.15, 0.2) is 42.5 Å². The van der Waals surface area contributed by atoms with Crippen molar-refractivity contribution in [2.75, 3.05) is 25.8 Å². The van der Waals surface area contributed by atoms with Gasteiger partial charge in [-0.05, 0) is 36.4 Å². The number of hydrogen-bond donors (Lipinski definition) is 2. The quantitative estimate of drug-likeness (QED) is 0.670. The van der Waals surface area contributed by atoms with Crippen LogP contribution in [0, 0.1) is 0 Å². The molecule has 0 aliphatic carbocycles. The van der Waals surface area contributed by atoms with Gasteiger partial charge in [-0.3, -0.25) is 9.59 Å². The standard InChI is InChI=1S/C21H21N3O5/c1-24-16-5-4-15(27-2)9-13(16)10-17(24)21(26)22-8-7-20(25)23-14-3-6-18-19(11-14)29-12-28-18/h3-6,9-11H,7-8,12H2,1-2H3,(H,22,26)(H,23,25). The van der Waals surface area contributed by atoms with E-state index in [0.717, 1.165) is 16.7 Å². The van der Waals surface area contributed by atoms with Crippen LogP contribution in [0.1, 0.15) is 16.9 Å². The molecule has 2 heterocycles. The predicted molar refractivity (Wildman–Crippen MR) is 108 cm³/mol. The predicted octanol–water partition coefficient (Wildman–Crippen LogP) is 2.67. The third kappa shape index (κ3) is 3.82. The molecule has 1 aliphatic rings. The van der Waals surface area contributed by atoms with E-state index in [0.29, 0.717) is 22.9 Å². The van der Waals surface area contributed by atoms with Crippen molar-refractivity contribution in [3.8, 4) is 17.2 Å². The summed E-state index contributed by atoms with van der Waals surface area (Å²) in [5.41, 5.74) is 2.06. The molecule has 8 heteroatoms. The monoisotopic (exact) mass is 395 g/mol. The number of carbonyl (C=O) groups excluding carboxylic acids is 2. The maximum absolute atomic E-state index is 12.5. The zero-order chi connectivity index (χ0) is 20.4. The summed E-state index contributed by atoms with van der Waals surface area (Å²) in [4.78, 5) is 24.7. The summed E-state index contributed by atoms with van der Waals surface area (Å²) in [6, 6.07) is 12.6. The molecule has 29 heavy (non-hydrogen) atoms. The molecular formula is C21H21N3O5. The largest absolute Gasteiger partial charge is 0.497 e. The van der Waals surface area contributed by atoms with Gasteiger partial charge in [0, 0.05) is 42.7 Å². The highest BCUT2D eigenvalue weighted by Crippen LogP contribution is 2.34. The highest BCUT2D eigenvalue weighted by atomic mass is 16.7. The summed E-state index contributed by atoms with van der Waals surface area (Å²) in [6.45, 7) is 0.403. The Morgan fingerprint density at radius 3 is 2.76 bits per heavy atom. The van der Waals surface area contributed by atoms with Crippen LogP contribution in [0.3, 0.4) is 0 Å². The third-order valence-corrected chi connectivity index (χ3v) is 4.78. The minimum atomic E-state index is -0.237. The van der Waals surface area contributed by atoms with Gasteiger partial charge < -0.3 is 29.4 Å². The lowest BCUT2D eigenvalue weighted by Crippen LogP contribution is -2.29. The van der Waals surface area contributed by atoms with Crippen molar-refractivity contribution in [1.29, 1.82) is 0 Å². The topological polar surface area (TPSA) is 90.8 Å². The molecule has 4 rings (SSSR count). The molecule has 2 aromatic carbocycles. The van der Waals surface area contributed by atoms with E-state index in [1.807, 2.05) is 29.8 Å². The maximum Gasteiger partial charge on any atom is 0.267 e. The van der Waals surface area contributed by atoms with Gasteiger partial charge >= 0.3 is 0 Å². The summed E-state index contributed by atoms with van der Waals surface area (Å²) in [6.07, 6.45) is 0.151. The van der Waals surface area contributed by atoms with Crippen molar-refractivity contribution in [2.45, 2.75) is 6.42 Å². The maximum atomic E-state index is 12.5. The second kappa shape index (κ2) is 7.75. The minimum Gasteiger partial charge on any atom is -0.497 e. The van der Waals surface area contributed by atoms with E-state index in [9.17, 15) is 9.59 Å². The third-order valence-electron chi connectivity index (χ3n) is 4.78. The molecule has 8 nitrogen and oxygen atoms in total. The van der Waals surface area contributed by atoms with Gasteiger partial charge in [-0.2, -0.15) is 0 Å². The molecule has 2 amide bonds. The molecule has 0 saturated heterocycles. The van der Waals surface area contributed by atoms with Crippen molar-refractivity contribution in [3.05, 3.63) is 48.2 Å². The summed E-state index contributed by atoms with van der Waals surface area (Å²) < 4.78 is 17.6. The van der Waals surface area contributed by atoms with Crippen LogP contribution >= 0.6 is 0 Å². The van der Waals surface area contributed by atoms with Crippen LogP contribution in [-0.4, -0.2) is 36.8 Å². The van der Waals surface area contributed by atoms with Gasteiger partial charge in [0.05, 0.1) is 7.11 Å². The summed E-state index contributed by atoms with van der Waals surface area (Å²) >= 11 is 0. The molecule has 0 radical (unpaired) electrons. The van der Waals surface area contributed by atoms with Crippen LogP contribution in [0.25, 0.3) is 10.9 Å². The van der Waals surface area contributed by atoms with Crippen molar-refractivity contribution in [1.82, 2.24) is 9.88 Å². The van der Waals surface area contributed by atoms with E-state index in [-0.39, 0.29) is 31.6 Å². The molecule has 0 bridgehead atoms. The Kier molecular flexibility index (Phi) is 4.99. The normalized spacial score (nSPS) is 12.1. The lowest BCUT2D eigenvalue weighted by molar-refractivity contribution is -0.116. The van der Waals surface area contributed by atoms with Crippen molar-refractivity contribution < 1.29 is 23.8 Å². The molecule has 0 atom stereocenters.